The zero-order valence-corrected chi connectivity index (χ0v) is 11.4. The largest absolute Gasteiger partial charge is 0.396 e. The molecule has 1 amide bonds. The highest BCUT2D eigenvalue weighted by Gasteiger charge is 2.25. The number of ketones is 1. The van der Waals surface area contributed by atoms with E-state index >= 15 is 0 Å². The predicted octanol–water partition coefficient (Wildman–Crippen LogP) is 2.16. The fourth-order valence-corrected chi connectivity index (χ4v) is 2.46. The Morgan fingerprint density at radius 2 is 1.86 bits per heavy atom. The van der Waals surface area contributed by atoms with Gasteiger partial charge >= 0.3 is 0 Å². The third kappa shape index (κ3) is 2.16. The lowest BCUT2D eigenvalue weighted by atomic mass is 10.00. The molecule has 0 bridgehead atoms. The number of hydrogen-bond donors (Lipinski definition) is 1. The molecule has 106 valence electrons. The van der Waals surface area contributed by atoms with E-state index in [1.165, 1.54) is 18.2 Å². The van der Waals surface area contributed by atoms with Gasteiger partial charge in [0.25, 0.3) is 0 Å². The van der Waals surface area contributed by atoms with Gasteiger partial charge in [0.1, 0.15) is 5.82 Å². The molecule has 0 saturated heterocycles. The fraction of sp³-hybridized carbons (Fsp3) is 0.125. The van der Waals surface area contributed by atoms with E-state index in [1.54, 1.807) is 30.1 Å². The van der Waals surface area contributed by atoms with E-state index in [2.05, 4.69) is 0 Å². The number of amides is 1. The van der Waals surface area contributed by atoms with E-state index in [0.29, 0.717) is 17.5 Å². The van der Waals surface area contributed by atoms with Gasteiger partial charge in [0.05, 0.1) is 12.1 Å². The van der Waals surface area contributed by atoms with E-state index in [0.717, 1.165) is 11.3 Å². The predicted molar refractivity (Wildman–Crippen MR) is 77.8 cm³/mol. The summed E-state index contributed by atoms with van der Waals surface area (Å²) in [5, 5.41) is 0. The summed E-state index contributed by atoms with van der Waals surface area (Å²) in [6.45, 7) is 0. The highest BCUT2D eigenvalue weighted by Crippen LogP contribution is 2.29. The van der Waals surface area contributed by atoms with Crippen LogP contribution >= 0.6 is 0 Å². The van der Waals surface area contributed by atoms with E-state index in [4.69, 9.17) is 5.73 Å². The van der Waals surface area contributed by atoms with Crippen LogP contribution in [0.25, 0.3) is 0 Å². The van der Waals surface area contributed by atoms with Gasteiger partial charge in [0, 0.05) is 23.9 Å². The minimum absolute atomic E-state index is 0.000579. The molecule has 1 aliphatic heterocycles. The second kappa shape index (κ2) is 4.70. The lowest BCUT2D eigenvalue weighted by molar-refractivity contribution is -0.117. The Kier molecular flexibility index (Phi) is 2.97. The third-order valence-electron chi connectivity index (χ3n) is 3.68. The molecule has 2 N–H and O–H groups in total. The van der Waals surface area contributed by atoms with Crippen molar-refractivity contribution in [3.8, 4) is 0 Å². The van der Waals surface area contributed by atoms with Crippen LogP contribution in [0.4, 0.5) is 15.8 Å². The van der Waals surface area contributed by atoms with Gasteiger partial charge in [-0.2, -0.15) is 0 Å². The molecule has 1 aliphatic rings. The summed E-state index contributed by atoms with van der Waals surface area (Å²) in [6.07, 6.45) is 0.290. The highest BCUT2D eigenvalue weighted by molar-refractivity contribution is 6.10. The van der Waals surface area contributed by atoms with E-state index in [-0.39, 0.29) is 17.4 Å². The Labute approximate surface area is 121 Å². The van der Waals surface area contributed by atoms with E-state index in [9.17, 15) is 14.0 Å². The number of fused-ring (bicyclic) bond motifs is 1. The molecule has 0 aromatic heterocycles. The second-order valence-corrected chi connectivity index (χ2v) is 5.04. The Balaban J connectivity index is 1.98. The minimum atomic E-state index is -0.548. The SMILES string of the molecule is CN1C(=O)Cc2cc(C(=O)c3ccc(F)c(N)c3)ccc21. The number of likely N-dealkylation sites (N-methyl/N-ethyl adjacent to an activating group) is 1. The highest BCUT2D eigenvalue weighted by atomic mass is 19.1. The molecule has 21 heavy (non-hydrogen) atoms. The Bertz CT molecular complexity index is 771. The fourth-order valence-electron chi connectivity index (χ4n) is 2.46. The number of nitrogen functional groups attached to an aromatic ring is 1. The number of halogens is 1. The van der Waals surface area contributed by atoms with Gasteiger partial charge < -0.3 is 10.6 Å². The Morgan fingerprint density at radius 3 is 2.57 bits per heavy atom. The molecule has 0 unspecified atom stereocenters. The van der Waals surface area contributed by atoms with Crippen LogP contribution in [0.15, 0.2) is 36.4 Å². The van der Waals surface area contributed by atoms with Gasteiger partial charge in [0.2, 0.25) is 5.91 Å². The van der Waals surface area contributed by atoms with Crippen molar-refractivity contribution in [2.45, 2.75) is 6.42 Å². The number of hydrogen-bond acceptors (Lipinski definition) is 3. The number of rotatable bonds is 2. The molecular weight excluding hydrogens is 271 g/mol. The summed E-state index contributed by atoms with van der Waals surface area (Å²) in [4.78, 5) is 25.6. The molecule has 3 rings (SSSR count). The van der Waals surface area contributed by atoms with Crippen molar-refractivity contribution in [3.05, 3.63) is 58.9 Å². The summed E-state index contributed by atoms with van der Waals surface area (Å²) in [7, 11) is 1.70. The van der Waals surface area contributed by atoms with E-state index < -0.39 is 5.82 Å². The van der Waals surface area contributed by atoms with Crippen LogP contribution in [0.1, 0.15) is 21.5 Å². The molecule has 0 radical (unpaired) electrons. The molecule has 4 nitrogen and oxygen atoms in total. The van der Waals surface area contributed by atoms with Crippen molar-refractivity contribution in [2.24, 2.45) is 0 Å². The van der Waals surface area contributed by atoms with E-state index in [1.807, 2.05) is 0 Å². The summed E-state index contributed by atoms with van der Waals surface area (Å²) >= 11 is 0. The van der Waals surface area contributed by atoms with Crippen LogP contribution in [0.3, 0.4) is 0 Å². The first-order valence-corrected chi connectivity index (χ1v) is 6.46. The van der Waals surface area contributed by atoms with Crippen molar-refractivity contribution in [2.75, 3.05) is 17.7 Å². The standard InChI is InChI=1S/C16H13FN2O2/c1-19-14-5-3-9(6-11(14)8-15(19)20)16(21)10-2-4-12(17)13(18)7-10/h2-7H,8,18H2,1H3. The van der Waals surface area contributed by atoms with Crippen molar-refractivity contribution in [3.63, 3.8) is 0 Å². The number of carbonyl (C=O) groups excluding carboxylic acids is 2. The first-order chi connectivity index (χ1) is 9.97. The molecule has 0 fully saturated rings. The van der Waals surface area contributed by atoms with Crippen LogP contribution in [0.2, 0.25) is 0 Å². The molecule has 0 saturated carbocycles. The quantitative estimate of drug-likeness (QED) is 0.679. The van der Waals surface area contributed by atoms with Gasteiger partial charge in [0.15, 0.2) is 5.78 Å². The van der Waals surface area contributed by atoms with Gasteiger partial charge in [-0.1, -0.05) is 0 Å². The van der Waals surface area contributed by atoms with Crippen molar-refractivity contribution in [1.82, 2.24) is 0 Å². The average Bonchev–Trinajstić information content (AvgIpc) is 2.76. The lowest BCUT2D eigenvalue weighted by Gasteiger charge is -2.10. The molecule has 0 spiro atoms. The maximum atomic E-state index is 13.2. The van der Waals surface area contributed by atoms with Crippen molar-refractivity contribution < 1.29 is 14.0 Å². The van der Waals surface area contributed by atoms with Crippen LogP contribution in [-0.4, -0.2) is 18.7 Å². The smallest absolute Gasteiger partial charge is 0.231 e. The third-order valence-corrected chi connectivity index (χ3v) is 3.68. The van der Waals surface area contributed by atoms with Gasteiger partial charge in [-0.15, -0.1) is 0 Å². The second-order valence-electron chi connectivity index (χ2n) is 5.04. The van der Waals surface area contributed by atoms with Crippen molar-refractivity contribution >= 4 is 23.1 Å². The van der Waals surface area contributed by atoms with Gasteiger partial charge in [-0.3, -0.25) is 9.59 Å². The minimum Gasteiger partial charge on any atom is -0.396 e. The monoisotopic (exact) mass is 284 g/mol. The summed E-state index contributed by atoms with van der Waals surface area (Å²) in [5.74, 6) is -0.792. The normalized spacial score (nSPS) is 13.4. The van der Waals surface area contributed by atoms with Gasteiger partial charge in [-0.05, 0) is 42.0 Å². The molecular formula is C16H13FN2O2. The Morgan fingerprint density at radius 1 is 1.19 bits per heavy atom. The zero-order chi connectivity index (χ0) is 15.1. The van der Waals surface area contributed by atoms with Crippen molar-refractivity contribution in [1.29, 1.82) is 0 Å². The van der Waals surface area contributed by atoms with Crippen LogP contribution in [0, 0.1) is 5.82 Å². The Hall–Kier alpha value is -2.69. The summed E-state index contributed by atoms with van der Waals surface area (Å²) < 4.78 is 13.2. The van der Waals surface area contributed by atoms with Crippen LogP contribution in [0.5, 0.6) is 0 Å². The van der Waals surface area contributed by atoms with Crippen LogP contribution in [-0.2, 0) is 11.2 Å². The maximum absolute atomic E-state index is 13.2. The molecule has 2 aromatic rings. The molecule has 0 atom stereocenters. The lowest BCUT2D eigenvalue weighted by Crippen LogP contribution is -2.20. The maximum Gasteiger partial charge on any atom is 0.231 e. The molecule has 1 heterocycles. The number of benzene rings is 2. The molecule has 5 heteroatoms. The topological polar surface area (TPSA) is 63.4 Å². The average molecular weight is 284 g/mol. The molecule has 2 aromatic carbocycles. The van der Waals surface area contributed by atoms with Gasteiger partial charge in [-0.25, -0.2) is 4.39 Å². The zero-order valence-electron chi connectivity index (χ0n) is 11.4. The molecule has 0 aliphatic carbocycles. The number of carbonyl (C=O) groups is 2. The first kappa shape index (κ1) is 13.3. The summed E-state index contributed by atoms with van der Waals surface area (Å²) in [6, 6.07) is 9.02. The summed E-state index contributed by atoms with van der Waals surface area (Å²) in [5.41, 5.74) is 7.85. The first-order valence-electron chi connectivity index (χ1n) is 6.46. The van der Waals surface area contributed by atoms with Crippen LogP contribution < -0.4 is 10.6 Å². The number of nitrogens with zero attached hydrogens (tertiary/aromatic N) is 1. The number of anilines is 2. The number of nitrogens with two attached hydrogens (primary N) is 1.